The van der Waals surface area contributed by atoms with E-state index < -0.39 is 0 Å². The molecule has 0 saturated carbocycles. The predicted molar refractivity (Wildman–Crippen MR) is 105 cm³/mol. The molecule has 1 aromatic carbocycles. The third-order valence-corrected chi connectivity index (χ3v) is 4.99. The van der Waals surface area contributed by atoms with Gasteiger partial charge in [-0.15, -0.1) is 0 Å². The molecular weight excluding hydrogens is 344 g/mol. The summed E-state index contributed by atoms with van der Waals surface area (Å²) < 4.78 is 10.2. The molecule has 0 radical (unpaired) electrons. The molecule has 6 nitrogen and oxygen atoms in total. The van der Waals surface area contributed by atoms with E-state index in [-0.39, 0.29) is 17.8 Å². The highest BCUT2D eigenvalue weighted by Gasteiger charge is 2.22. The zero-order valence-electron chi connectivity index (χ0n) is 16.8. The fraction of sp³-hybridized carbons (Fsp3) is 0.619. The van der Waals surface area contributed by atoms with Crippen LogP contribution in [0.4, 0.5) is 0 Å². The number of carbonyl (C=O) groups excluding carboxylic acids is 2. The Morgan fingerprint density at radius 2 is 1.89 bits per heavy atom. The molecule has 1 aliphatic rings. The van der Waals surface area contributed by atoms with Gasteiger partial charge in [0, 0.05) is 39.1 Å². The minimum absolute atomic E-state index is 0.0830. The van der Waals surface area contributed by atoms with Gasteiger partial charge in [0.05, 0.1) is 26.2 Å². The van der Waals surface area contributed by atoms with Gasteiger partial charge in [0.1, 0.15) is 0 Å². The molecule has 27 heavy (non-hydrogen) atoms. The second-order valence-corrected chi connectivity index (χ2v) is 7.20. The summed E-state index contributed by atoms with van der Waals surface area (Å²) in [5, 5.41) is 0. The van der Waals surface area contributed by atoms with Gasteiger partial charge in [-0.25, -0.2) is 0 Å². The number of ether oxygens (including phenoxy) is 2. The number of hydrogen-bond donors (Lipinski definition) is 0. The molecule has 1 aromatic rings. The minimum atomic E-state index is -0.331. The number of aryl methyl sites for hydroxylation is 2. The highest BCUT2D eigenvalue weighted by Crippen LogP contribution is 2.10. The van der Waals surface area contributed by atoms with Crippen LogP contribution in [0.3, 0.4) is 0 Å². The van der Waals surface area contributed by atoms with Crippen molar-refractivity contribution in [2.75, 3.05) is 53.0 Å². The van der Waals surface area contributed by atoms with E-state index in [0.717, 1.165) is 38.4 Å². The number of nitrogens with zero attached hydrogens (tertiary/aromatic N) is 2. The molecule has 1 atom stereocenters. The fourth-order valence-corrected chi connectivity index (χ4v) is 3.18. The maximum Gasteiger partial charge on any atom is 0.310 e. The van der Waals surface area contributed by atoms with Crippen molar-refractivity contribution in [2.24, 2.45) is 5.92 Å². The Labute approximate surface area is 162 Å². The number of benzene rings is 1. The summed E-state index contributed by atoms with van der Waals surface area (Å²) in [4.78, 5) is 28.7. The van der Waals surface area contributed by atoms with Crippen molar-refractivity contribution >= 4 is 11.9 Å². The zero-order chi connectivity index (χ0) is 19.6. The molecule has 0 N–H and O–H groups in total. The van der Waals surface area contributed by atoms with Gasteiger partial charge in [-0.3, -0.25) is 14.5 Å². The number of esters is 1. The van der Waals surface area contributed by atoms with Gasteiger partial charge in [0.2, 0.25) is 5.91 Å². The van der Waals surface area contributed by atoms with Gasteiger partial charge >= 0.3 is 5.97 Å². The average Bonchev–Trinajstić information content (AvgIpc) is 2.70. The quantitative estimate of drug-likeness (QED) is 0.616. The number of morpholine rings is 1. The summed E-state index contributed by atoms with van der Waals surface area (Å²) in [6.45, 7) is 8.92. The molecule has 0 bridgehead atoms. The molecular formula is C21H32N2O4. The lowest BCUT2D eigenvalue weighted by molar-refractivity contribution is -0.146. The van der Waals surface area contributed by atoms with Crippen molar-refractivity contribution in [3.05, 3.63) is 35.4 Å². The Balaban J connectivity index is 1.92. The summed E-state index contributed by atoms with van der Waals surface area (Å²) in [5.41, 5.74) is 2.37. The molecule has 1 unspecified atom stereocenters. The maximum absolute atomic E-state index is 12.8. The fourth-order valence-electron chi connectivity index (χ4n) is 3.18. The molecule has 2 rings (SSSR count). The van der Waals surface area contributed by atoms with Crippen molar-refractivity contribution in [3.8, 4) is 0 Å². The number of carbonyl (C=O) groups is 2. The van der Waals surface area contributed by atoms with Gasteiger partial charge in [-0.1, -0.05) is 36.8 Å². The van der Waals surface area contributed by atoms with Crippen LogP contribution in [0.5, 0.6) is 0 Å². The van der Waals surface area contributed by atoms with Crippen molar-refractivity contribution < 1.29 is 19.1 Å². The first-order chi connectivity index (χ1) is 13.0. The molecule has 1 fully saturated rings. The summed E-state index contributed by atoms with van der Waals surface area (Å²) in [6, 6.07) is 8.26. The summed E-state index contributed by atoms with van der Waals surface area (Å²) >= 11 is 0. The Morgan fingerprint density at radius 3 is 2.52 bits per heavy atom. The third kappa shape index (κ3) is 7.31. The largest absolute Gasteiger partial charge is 0.469 e. The Bertz CT molecular complexity index is 597. The predicted octanol–water partition coefficient (Wildman–Crippen LogP) is 1.90. The molecule has 150 valence electrons. The normalized spacial score (nSPS) is 16.0. The summed E-state index contributed by atoms with van der Waals surface area (Å²) in [6.07, 6.45) is 1.15. The van der Waals surface area contributed by atoms with Gasteiger partial charge in [-0.05, 0) is 18.9 Å². The maximum atomic E-state index is 12.8. The first-order valence-electron chi connectivity index (χ1n) is 9.71. The third-order valence-electron chi connectivity index (χ3n) is 4.99. The van der Waals surface area contributed by atoms with Crippen LogP contribution in [0.1, 0.15) is 24.5 Å². The van der Waals surface area contributed by atoms with Crippen LogP contribution in [0, 0.1) is 12.8 Å². The van der Waals surface area contributed by atoms with E-state index in [1.165, 1.54) is 12.7 Å². The van der Waals surface area contributed by atoms with Gasteiger partial charge < -0.3 is 14.4 Å². The second-order valence-electron chi connectivity index (χ2n) is 7.20. The van der Waals surface area contributed by atoms with E-state index >= 15 is 0 Å². The first-order valence-corrected chi connectivity index (χ1v) is 9.71. The molecule has 1 amide bonds. The van der Waals surface area contributed by atoms with Crippen molar-refractivity contribution in [1.29, 1.82) is 0 Å². The summed E-state index contributed by atoms with van der Waals surface area (Å²) in [5.74, 6) is -0.527. The lowest BCUT2D eigenvalue weighted by Crippen LogP contribution is -2.45. The van der Waals surface area contributed by atoms with Crippen LogP contribution in [0.2, 0.25) is 0 Å². The highest BCUT2D eigenvalue weighted by molar-refractivity contribution is 5.78. The molecule has 0 spiro atoms. The topological polar surface area (TPSA) is 59.1 Å². The molecule has 0 aliphatic carbocycles. The number of rotatable bonds is 9. The average molecular weight is 376 g/mol. The lowest BCUT2D eigenvalue weighted by Gasteiger charge is -2.31. The zero-order valence-corrected chi connectivity index (χ0v) is 16.8. The first kappa shape index (κ1) is 21.4. The molecule has 0 aromatic heterocycles. The Kier molecular flexibility index (Phi) is 8.75. The molecule has 6 heteroatoms. The molecule has 1 aliphatic heterocycles. The van der Waals surface area contributed by atoms with E-state index in [9.17, 15) is 9.59 Å². The van der Waals surface area contributed by atoms with Crippen LogP contribution in [-0.2, 0) is 25.5 Å². The smallest absolute Gasteiger partial charge is 0.310 e. The van der Waals surface area contributed by atoms with Crippen LogP contribution >= 0.6 is 0 Å². The number of amides is 1. The van der Waals surface area contributed by atoms with Crippen LogP contribution < -0.4 is 0 Å². The number of hydrogen-bond acceptors (Lipinski definition) is 5. The minimum Gasteiger partial charge on any atom is -0.469 e. The Morgan fingerprint density at radius 1 is 1.22 bits per heavy atom. The van der Waals surface area contributed by atoms with Crippen LogP contribution in [0.15, 0.2) is 24.3 Å². The standard InChI is InChI=1S/C21H32N2O4/c1-17-4-6-19(7-5-17)8-9-20(24)23(16-18(2)21(25)26-3)11-10-22-12-14-27-15-13-22/h4-7,18H,8-16H2,1-3H3. The van der Waals surface area contributed by atoms with E-state index in [0.29, 0.717) is 25.9 Å². The van der Waals surface area contributed by atoms with Crippen LogP contribution in [-0.4, -0.2) is 74.7 Å². The monoisotopic (exact) mass is 376 g/mol. The van der Waals surface area contributed by atoms with Gasteiger partial charge in [0.25, 0.3) is 0 Å². The summed E-state index contributed by atoms with van der Waals surface area (Å²) in [7, 11) is 1.39. The van der Waals surface area contributed by atoms with Crippen LogP contribution in [0.25, 0.3) is 0 Å². The van der Waals surface area contributed by atoms with Crippen molar-refractivity contribution in [1.82, 2.24) is 9.80 Å². The number of methoxy groups -OCH3 is 1. The van der Waals surface area contributed by atoms with Crippen molar-refractivity contribution in [3.63, 3.8) is 0 Å². The van der Waals surface area contributed by atoms with E-state index in [2.05, 4.69) is 36.1 Å². The lowest BCUT2D eigenvalue weighted by atomic mass is 10.1. The van der Waals surface area contributed by atoms with Gasteiger partial charge in [-0.2, -0.15) is 0 Å². The second kappa shape index (κ2) is 11.0. The Hall–Kier alpha value is -1.92. The van der Waals surface area contributed by atoms with E-state index in [1.807, 2.05) is 4.90 Å². The highest BCUT2D eigenvalue weighted by atomic mass is 16.5. The van der Waals surface area contributed by atoms with E-state index in [1.54, 1.807) is 6.92 Å². The van der Waals surface area contributed by atoms with Gasteiger partial charge in [0.15, 0.2) is 0 Å². The SMILES string of the molecule is COC(=O)C(C)CN(CCN1CCOCC1)C(=O)CCc1ccc(C)cc1. The van der Waals surface area contributed by atoms with Crippen molar-refractivity contribution in [2.45, 2.75) is 26.7 Å². The molecule has 1 saturated heterocycles. The van der Waals surface area contributed by atoms with E-state index in [4.69, 9.17) is 9.47 Å². The molecule has 1 heterocycles.